The summed E-state index contributed by atoms with van der Waals surface area (Å²) in [5, 5.41) is 4.15. The first-order valence-electron chi connectivity index (χ1n) is 5.13. The summed E-state index contributed by atoms with van der Waals surface area (Å²) in [6.45, 7) is 1.56. The maximum absolute atomic E-state index is 5.42. The van der Waals surface area contributed by atoms with E-state index in [1.165, 1.54) is 0 Å². The number of thiazole rings is 1. The van der Waals surface area contributed by atoms with Crippen LogP contribution < -0.4 is 11.1 Å². The van der Waals surface area contributed by atoms with Gasteiger partial charge in [0.15, 0.2) is 5.13 Å². The highest BCUT2D eigenvalue weighted by molar-refractivity contribution is 7.18. The normalized spacial score (nSPS) is 10.3. The van der Waals surface area contributed by atoms with E-state index >= 15 is 0 Å². The Morgan fingerprint density at radius 1 is 1.50 bits per heavy atom. The molecule has 0 aliphatic carbocycles. The zero-order valence-electron chi connectivity index (χ0n) is 8.81. The number of anilines is 1. The topological polar surface area (TPSA) is 63.8 Å². The lowest BCUT2D eigenvalue weighted by atomic mass is 10.3. The van der Waals surface area contributed by atoms with Gasteiger partial charge in [0.1, 0.15) is 0 Å². The Morgan fingerprint density at radius 2 is 2.44 bits per heavy atom. The largest absolute Gasteiger partial charge is 0.361 e. The summed E-state index contributed by atoms with van der Waals surface area (Å²) in [5.74, 6) is 0. The Kier molecular flexibility index (Phi) is 3.85. The zero-order chi connectivity index (χ0) is 11.2. The molecule has 16 heavy (non-hydrogen) atoms. The molecule has 2 heterocycles. The van der Waals surface area contributed by atoms with E-state index in [9.17, 15) is 0 Å². The van der Waals surface area contributed by atoms with Crippen LogP contribution >= 0.6 is 11.3 Å². The second-order valence-corrected chi connectivity index (χ2v) is 4.29. The number of nitrogens with zero attached hydrogens (tertiary/aromatic N) is 2. The first-order chi connectivity index (χ1) is 7.90. The number of rotatable bonds is 5. The summed E-state index contributed by atoms with van der Waals surface area (Å²) in [4.78, 5) is 9.32. The molecule has 0 aliphatic heterocycles. The maximum atomic E-state index is 5.42. The highest BCUT2D eigenvalue weighted by Gasteiger charge is 2.03. The summed E-state index contributed by atoms with van der Waals surface area (Å²) in [7, 11) is 0. The molecule has 0 atom stereocenters. The van der Waals surface area contributed by atoms with Gasteiger partial charge in [0.25, 0.3) is 0 Å². The summed E-state index contributed by atoms with van der Waals surface area (Å²) in [6.07, 6.45) is 7.44. The predicted octanol–water partition coefficient (Wildman–Crippen LogP) is 1.77. The molecule has 0 saturated carbocycles. The number of hydrogen-bond acceptors (Lipinski definition) is 5. The highest BCUT2D eigenvalue weighted by atomic mass is 32.1. The Balaban J connectivity index is 2.02. The lowest BCUT2D eigenvalue weighted by Crippen LogP contribution is -2.07. The molecule has 2 aromatic heterocycles. The van der Waals surface area contributed by atoms with Crippen LogP contribution in [0.3, 0.4) is 0 Å². The summed E-state index contributed by atoms with van der Waals surface area (Å²) in [5.41, 5.74) is 6.40. The quantitative estimate of drug-likeness (QED) is 0.772. The molecule has 3 N–H and O–H groups in total. The van der Waals surface area contributed by atoms with Crippen LogP contribution in [0.25, 0.3) is 10.4 Å². The van der Waals surface area contributed by atoms with E-state index in [1.54, 1.807) is 17.5 Å². The van der Waals surface area contributed by atoms with Gasteiger partial charge in [-0.3, -0.25) is 4.98 Å². The molecule has 0 aromatic carbocycles. The van der Waals surface area contributed by atoms with Gasteiger partial charge in [-0.25, -0.2) is 4.98 Å². The van der Waals surface area contributed by atoms with Gasteiger partial charge < -0.3 is 11.1 Å². The van der Waals surface area contributed by atoms with Crippen LogP contribution in [-0.4, -0.2) is 23.1 Å². The molecule has 0 saturated heterocycles. The molecule has 4 nitrogen and oxygen atoms in total. The highest BCUT2D eigenvalue weighted by Crippen LogP contribution is 2.27. The molecule has 0 amide bonds. The van der Waals surface area contributed by atoms with Crippen LogP contribution in [0, 0.1) is 6.20 Å². The first-order valence-corrected chi connectivity index (χ1v) is 5.94. The Morgan fingerprint density at radius 3 is 3.19 bits per heavy atom. The average molecular weight is 233 g/mol. The van der Waals surface area contributed by atoms with Crippen molar-refractivity contribution in [3.63, 3.8) is 0 Å². The molecule has 0 fully saturated rings. The minimum absolute atomic E-state index is 0.696. The molecule has 83 valence electrons. The van der Waals surface area contributed by atoms with Gasteiger partial charge in [-0.15, -0.1) is 0 Å². The molecule has 5 heteroatoms. The predicted molar refractivity (Wildman–Crippen MR) is 66.3 cm³/mol. The SMILES string of the molecule is NCCCNc1ncc(-c2[c]nccc2)s1. The fourth-order valence-electron chi connectivity index (χ4n) is 1.24. The Labute approximate surface area is 98.6 Å². The number of hydrogen-bond donors (Lipinski definition) is 2. The van der Waals surface area contributed by atoms with Crippen LogP contribution in [0.4, 0.5) is 5.13 Å². The molecule has 0 unspecified atom stereocenters. The molecule has 1 radical (unpaired) electrons. The van der Waals surface area contributed by atoms with Crippen molar-refractivity contribution in [3.8, 4) is 10.4 Å². The van der Waals surface area contributed by atoms with Gasteiger partial charge in [-0.05, 0) is 25.1 Å². The molecule has 2 aromatic rings. The van der Waals surface area contributed by atoms with Gasteiger partial charge in [0, 0.05) is 24.5 Å². The van der Waals surface area contributed by atoms with E-state index in [0.717, 1.165) is 28.5 Å². The van der Waals surface area contributed by atoms with Crippen LogP contribution in [0.5, 0.6) is 0 Å². The van der Waals surface area contributed by atoms with Gasteiger partial charge in [-0.2, -0.15) is 0 Å². The maximum Gasteiger partial charge on any atom is 0.183 e. The van der Waals surface area contributed by atoms with Crippen LogP contribution in [-0.2, 0) is 0 Å². The van der Waals surface area contributed by atoms with Gasteiger partial charge in [-0.1, -0.05) is 11.3 Å². The van der Waals surface area contributed by atoms with E-state index in [1.807, 2.05) is 18.3 Å². The third-order valence-electron chi connectivity index (χ3n) is 2.04. The third kappa shape index (κ3) is 2.77. The van der Waals surface area contributed by atoms with Gasteiger partial charge in [0.05, 0.1) is 11.1 Å². The number of aromatic nitrogens is 2. The van der Waals surface area contributed by atoms with E-state index in [-0.39, 0.29) is 0 Å². The second kappa shape index (κ2) is 5.58. The molecule has 0 aliphatic rings. The molecular formula is C11H13N4S. The monoisotopic (exact) mass is 233 g/mol. The second-order valence-electron chi connectivity index (χ2n) is 3.26. The molecule has 0 bridgehead atoms. The van der Waals surface area contributed by atoms with Gasteiger partial charge in [0.2, 0.25) is 0 Å². The van der Waals surface area contributed by atoms with Crippen molar-refractivity contribution in [1.29, 1.82) is 0 Å². The van der Waals surface area contributed by atoms with E-state index in [4.69, 9.17) is 5.73 Å². The zero-order valence-corrected chi connectivity index (χ0v) is 9.63. The fraction of sp³-hybridized carbons (Fsp3) is 0.273. The van der Waals surface area contributed by atoms with Crippen LogP contribution in [0.2, 0.25) is 0 Å². The lowest BCUT2D eigenvalue weighted by molar-refractivity contribution is 0.873. The van der Waals surface area contributed by atoms with E-state index in [0.29, 0.717) is 6.54 Å². The summed E-state index contributed by atoms with van der Waals surface area (Å²) in [6, 6.07) is 3.87. The summed E-state index contributed by atoms with van der Waals surface area (Å²) >= 11 is 1.60. The van der Waals surface area contributed by atoms with Gasteiger partial charge >= 0.3 is 0 Å². The third-order valence-corrected chi connectivity index (χ3v) is 3.03. The van der Waals surface area contributed by atoms with Crippen LogP contribution in [0.15, 0.2) is 24.5 Å². The molecular weight excluding hydrogens is 220 g/mol. The smallest absolute Gasteiger partial charge is 0.183 e. The number of pyridine rings is 1. The first kappa shape index (κ1) is 11.0. The molecule has 0 spiro atoms. The molecule has 2 rings (SSSR count). The van der Waals surface area contributed by atoms with Crippen molar-refractivity contribution >= 4 is 16.5 Å². The average Bonchev–Trinajstić information content (AvgIpc) is 2.79. The Hall–Kier alpha value is -1.46. The van der Waals surface area contributed by atoms with E-state index < -0.39 is 0 Å². The number of nitrogens with one attached hydrogen (secondary N) is 1. The fourth-order valence-corrected chi connectivity index (χ4v) is 2.06. The van der Waals surface area contributed by atoms with Crippen LogP contribution in [0.1, 0.15) is 6.42 Å². The van der Waals surface area contributed by atoms with Crippen molar-refractivity contribution < 1.29 is 0 Å². The number of nitrogens with two attached hydrogens (primary N) is 1. The van der Waals surface area contributed by atoms with Crippen molar-refractivity contribution in [3.05, 3.63) is 30.7 Å². The lowest BCUT2D eigenvalue weighted by Gasteiger charge is -1.98. The Bertz CT molecular complexity index is 427. The summed E-state index contributed by atoms with van der Waals surface area (Å²) < 4.78 is 0. The minimum Gasteiger partial charge on any atom is -0.361 e. The van der Waals surface area contributed by atoms with E-state index in [2.05, 4.69) is 21.5 Å². The van der Waals surface area contributed by atoms with Crippen molar-refractivity contribution in [2.24, 2.45) is 5.73 Å². The minimum atomic E-state index is 0.696. The standard InChI is InChI=1S/C11H13N4S/c12-4-2-6-14-11-15-8-10(16-11)9-3-1-5-13-7-9/h1,3,5,8H,2,4,6,12H2,(H,14,15). The van der Waals surface area contributed by atoms with Crippen molar-refractivity contribution in [2.75, 3.05) is 18.4 Å². The van der Waals surface area contributed by atoms with Crippen molar-refractivity contribution in [2.45, 2.75) is 6.42 Å². The van der Waals surface area contributed by atoms with Crippen molar-refractivity contribution in [1.82, 2.24) is 9.97 Å².